The molecule has 0 saturated carbocycles. The molecule has 2 aromatic heterocycles. The van der Waals surface area contributed by atoms with Crippen LogP contribution >= 0.6 is 23.4 Å². The van der Waals surface area contributed by atoms with Crippen LogP contribution in [0.15, 0.2) is 21.0 Å². The van der Waals surface area contributed by atoms with Gasteiger partial charge in [0.2, 0.25) is 5.28 Å². The van der Waals surface area contributed by atoms with Gasteiger partial charge in [-0.3, -0.25) is 4.57 Å². The number of aromatic nitrogens is 5. The van der Waals surface area contributed by atoms with Gasteiger partial charge in [0.05, 0.1) is 0 Å². The third-order valence-corrected chi connectivity index (χ3v) is 2.97. The molecular formula is C8H8ClN5OS. The van der Waals surface area contributed by atoms with Crippen LogP contribution in [0.1, 0.15) is 5.69 Å². The molecule has 2 rings (SSSR count). The van der Waals surface area contributed by atoms with Gasteiger partial charge in [-0.15, -0.1) is 5.10 Å². The van der Waals surface area contributed by atoms with Gasteiger partial charge in [-0.1, -0.05) is 0 Å². The first-order chi connectivity index (χ1) is 7.56. The first-order valence-corrected chi connectivity index (χ1v) is 5.56. The van der Waals surface area contributed by atoms with Gasteiger partial charge < -0.3 is 0 Å². The summed E-state index contributed by atoms with van der Waals surface area (Å²) in [5.41, 5.74) is 0.502. The summed E-state index contributed by atoms with van der Waals surface area (Å²) in [5, 5.41) is 7.56. The van der Waals surface area contributed by atoms with Gasteiger partial charge in [-0.2, -0.15) is 0 Å². The molecule has 1 N–H and O–H groups in total. The van der Waals surface area contributed by atoms with Crippen molar-refractivity contribution in [2.75, 3.05) is 0 Å². The highest BCUT2D eigenvalue weighted by molar-refractivity contribution is 7.99. The number of hydrogen-bond donors (Lipinski definition) is 1. The minimum atomic E-state index is -0.264. The molecule has 16 heavy (non-hydrogen) atoms. The fraction of sp³-hybridized carbons (Fsp3) is 0.250. The predicted molar refractivity (Wildman–Crippen MR) is 59.7 cm³/mol. The van der Waals surface area contributed by atoms with Crippen LogP contribution in [0, 0.1) is 6.92 Å². The van der Waals surface area contributed by atoms with Crippen LogP contribution in [0.3, 0.4) is 0 Å². The van der Waals surface area contributed by atoms with Crippen molar-refractivity contribution in [2.24, 2.45) is 7.05 Å². The maximum Gasteiger partial charge on any atom is 0.343 e. The third-order valence-electron chi connectivity index (χ3n) is 1.84. The number of aryl methyl sites for hydroxylation is 1. The van der Waals surface area contributed by atoms with Crippen LogP contribution in [0.25, 0.3) is 0 Å². The standard InChI is InChI=1S/C8H8ClN5OS/c1-4-3-5(11-6(9)10-4)16-8-13-12-7(15)14(8)2/h3H,1-2H3,(H,12,15). The summed E-state index contributed by atoms with van der Waals surface area (Å²) in [6, 6.07) is 1.77. The fourth-order valence-corrected chi connectivity index (χ4v) is 2.21. The van der Waals surface area contributed by atoms with Crippen LogP contribution in [0.5, 0.6) is 0 Å². The summed E-state index contributed by atoms with van der Waals surface area (Å²) in [7, 11) is 1.63. The Bertz CT molecular complexity index is 558. The quantitative estimate of drug-likeness (QED) is 0.642. The van der Waals surface area contributed by atoms with E-state index in [2.05, 4.69) is 20.2 Å². The number of hydrogen-bond acceptors (Lipinski definition) is 5. The molecule has 0 spiro atoms. The summed E-state index contributed by atoms with van der Waals surface area (Å²) in [4.78, 5) is 19.1. The molecule has 0 aliphatic rings. The van der Waals surface area contributed by atoms with Gasteiger partial charge >= 0.3 is 5.69 Å². The van der Waals surface area contributed by atoms with Crippen molar-refractivity contribution in [3.05, 3.63) is 27.5 Å². The Morgan fingerprint density at radius 3 is 2.81 bits per heavy atom. The van der Waals surface area contributed by atoms with Crippen molar-refractivity contribution in [1.82, 2.24) is 24.7 Å². The van der Waals surface area contributed by atoms with Crippen LogP contribution < -0.4 is 5.69 Å². The van der Waals surface area contributed by atoms with E-state index >= 15 is 0 Å². The van der Waals surface area contributed by atoms with E-state index in [1.165, 1.54) is 16.3 Å². The van der Waals surface area contributed by atoms with Crippen molar-refractivity contribution >= 4 is 23.4 Å². The molecule has 2 aromatic rings. The smallest absolute Gasteiger partial charge is 0.273 e. The van der Waals surface area contributed by atoms with E-state index in [-0.39, 0.29) is 11.0 Å². The van der Waals surface area contributed by atoms with E-state index in [1.807, 2.05) is 6.92 Å². The Hall–Kier alpha value is -1.34. The number of H-pyrrole nitrogens is 1. The van der Waals surface area contributed by atoms with E-state index in [0.717, 1.165) is 5.69 Å². The number of rotatable bonds is 2. The van der Waals surface area contributed by atoms with Crippen LogP contribution in [-0.4, -0.2) is 24.7 Å². The molecule has 0 amide bonds. The lowest BCUT2D eigenvalue weighted by Gasteiger charge is -2.00. The second-order valence-electron chi connectivity index (χ2n) is 3.09. The van der Waals surface area contributed by atoms with Gasteiger partial charge in [0.15, 0.2) is 5.16 Å². The Kier molecular flexibility index (Phi) is 2.97. The second kappa shape index (κ2) is 4.26. The normalized spacial score (nSPS) is 10.7. The molecule has 8 heteroatoms. The average molecular weight is 258 g/mol. The highest BCUT2D eigenvalue weighted by Gasteiger charge is 2.08. The fourth-order valence-electron chi connectivity index (χ4n) is 1.07. The van der Waals surface area contributed by atoms with Gasteiger partial charge in [-0.05, 0) is 36.4 Å². The topological polar surface area (TPSA) is 76.5 Å². The molecule has 2 heterocycles. The highest BCUT2D eigenvalue weighted by Crippen LogP contribution is 2.23. The Balaban J connectivity index is 2.34. The minimum absolute atomic E-state index is 0.183. The van der Waals surface area contributed by atoms with Gasteiger partial charge in [0, 0.05) is 12.7 Å². The van der Waals surface area contributed by atoms with E-state index in [1.54, 1.807) is 13.1 Å². The lowest BCUT2D eigenvalue weighted by Crippen LogP contribution is -2.12. The highest BCUT2D eigenvalue weighted by atomic mass is 35.5. The summed E-state index contributed by atoms with van der Waals surface area (Å²) in [6.07, 6.45) is 0. The van der Waals surface area contributed by atoms with Crippen LogP contribution in [-0.2, 0) is 7.05 Å². The first kappa shape index (κ1) is 11.2. The number of aromatic amines is 1. The molecule has 0 bridgehead atoms. The average Bonchev–Trinajstić information content (AvgIpc) is 2.48. The van der Waals surface area contributed by atoms with E-state index in [0.29, 0.717) is 10.2 Å². The Labute approximate surface area is 100 Å². The molecule has 0 unspecified atom stereocenters. The zero-order valence-electron chi connectivity index (χ0n) is 8.56. The molecular weight excluding hydrogens is 250 g/mol. The van der Waals surface area contributed by atoms with Gasteiger partial charge in [-0.25, -0.2) is 19.9 Å². The van der Waals surface area contributed by atoms with Crippen molar-refractivity contribution in [3.63, 3.8) is 0 Å². The van der Waals surface area contributed by atoms with Crippen molar-refractivity contribution in [1.29, 1.82) is 0 Å². The third kappa shape index (κ3) is 2.25. The number of nitrogens with zero attached hydrogens (tertiary/aromatic N) is 4. The molecule has 0 saturated heterocycles. The Morgan fingerprint density at radius 2 is 2.25 bits per heavy atom. The lowest BCUT2D eigenvalue weighted by molar-refractivity contribution is 0.764. The van der Waals surface area contributed by atoms with E-state index in [9.17, 15) is 4.79 Å². The molecule has 0 aliphatic heterocycles. The van der Waals surface area contributed by atoms with E-state index in [4.69, 9.17) is 11.6 Å². The molecule has 0 aromatic carbocycles. The summed E-state index contributed by atoms with van der Waals surface area (Å²) >= 11 is 6.98. The summed E-state index contributed by atoms with van der Waals surface area (Å²) in [5.74, 6) is 0. The molecule has 0 radical (unpaired) electrons. The predicted octanol–water partition coefficient (Wildman–Crippen LogP) is 1.01. The Morgan fingerprint density at radius 1 is 1.50 bits per heavy atom. The van der Waals surface area contributed by atoms with Gasteiger partial charge in [0.25, 0.3) is 0 Å². The zero-order valence-corrected chi connectivity index (χ0v) is 10.1. The molecule has 84 valence electrons. The molecule has 0 fully saturated rings. The number of nitrogens with one attached hydrogen (secondary N) is 1. The van der Waals surface area contributed by atoms with E-state index < -0.39 is 0 Å². The van der Waals surface area contributed by atoms with Crippen molar-refractivity contribution in [2.45, 2.75) is 17.1 Å². The SMILES string of the molecule is Cc1cc(Sc2n[nH]c(=O)n2C)nc(Cl)n1. The number of halogens is 1. The van der Waals surface area contributed by atoms with Crippen LogP contribution in [0.4, 0.5) is 0 Å². The molecule has 0 aliphatic carbocycles. The maximum absolute atomic E-state index is 11.1. The monoisotopic (exact) mass is 257 g/mol. The van der Waals surface area contributed by atoms with Gasteiger partial charge in [0.1, 0.15) is 5.03 Å². The largest absolute Gasteiger partial charge is 0.343 e. The zero-order chi connectivity index (χ0) is 11.7. The molecule has 6 nitrogen and oxygen atoms in total. The molecule has 0 atom stereocenters. The van der Waals surface area contributed by atoms with Crippen molar-refractivity contribution < 1.29 is 0 Å². The van der Waals surface area contributed by atoms with Crippen molar-refractivity contribution in [3.8, 4) is 0 Å². The van der Waals surface area contributed by atoms with Crippen LogP contribution in [0.2, 0.25) is 5.28 Å². The summed E-state index contributed by atoms with van der Waals surface area (Å²) in [6.45, 7) is 1.82. The lowest BCUT2D eigenvalue weighted by atomic mass is 10.5. The second-order valence-corrected chi connectivity index (χ2v) is 4.41. The summed E-state index contributed by atoms with van der Waals surface area (Å²) < 4.78 is 1.40. The maximum atomic E-state index is 11.1. The first-order valence-electron chi connectivity index (χ1n) is 4.36. The minimum Gasteiger partial charge on any atom is -0.273 e.